The van der Waals surface area contributed by atoms with Crippen molar-refractivity contribution in [1.82, 2.24) is 4.90 Å². The maximum atomic E-state index is 12.6. The molecule has 2 heterocycles. The molecular formula is C21H20N4O5S. The smallest absolute Gasteiger partial charge is 0.311 e. The number of ether oxygens (including phenoxy) is 1. The maximum Gasteiger partial charge on any atom is 0.311 e. The van der Waals surface area contributed by atoms with E-state index in [9.17, 15) is 20.0 Å². The first-order chi connectivity index (χ1) is 14.9. The van der Waals surface area contributed by atoms with Crippen LogP contribution in [0, 0.1) is 10.1 Å². The van der Waals surface area contributed by atoms with Gasteiger partial charge in [0.05, 0.1) is 28.7 Å². The quantitative estimate of drug-likeness (QED) is 0.441. The molecule has 2 aromatic rings. The summed E-state index contributed by atoms with van der Waals surface area (Å²) in [5.74, 6) is -0.665. The van der Waals surface area contributed by atoms with Crippen molar-refractivity contribution in [2.75, 3.05) is 38.3 Å². The molecule has 0 aromatic heterocycles. The van der Waals surface area contributed by atoms with E-state index in [0.29, 0.717) is 28.9 Å². The van der Waals surface area contributed by atoms with Gasteiger partial charge in [0, 0.05) is 31.9 Å². The molecule has 1 N–H and O–H groups in total. The average molecular weight is 440 g/mol. The van der Waals surface area contributed by atoms with Crippen molar-refractivity contribution in [3.05, 3.63) is 63.0 Å². The van der Waals surface area contributed by atoms with E-state index in [4.69, 9.17) is 4.74 Å². The number of hydrogen-bond donors (Lipinski definition) is 1. The van der Waals surface area contributed by atoms with Gasteiger partial charge in [0.1, 0.15) is 0 Å². The molecule has 0 radical (unpaired) electrons. The van der Waals surface area contributed by atoms with Crippen LogP contribution >= 0.6 is 11.8 Å². The molecule has 0 aliphatic carbocycles. The predicted octanol–water partition coefficient (Wildman–Crippen LogP) is 3.37. The Balaban J connectivity index is 1.54. The first kappa shape index (κ1) is 20.9. The summed E-state index contributed by atoms with van der Waals surface area (Å²) in [4.78, 5) is 31.6. The SMILES string of the molecule is CN1C(=O)/C(=C/c2ccc(O)c([N+](=O)[O-])c2)SC1=Nc1ccc(N2CCOCC2)cc1. The standard InChI is InChI=1S/C21H20N4O5S/c1-23-20(27)19(13-14-2-7-18(26)17(12-14)25(28)29)31-21(23)22-15-3-5-16(6-4-15)24-8-10-30-11-9-24/h2-7,12-13,26H,8-11H2,1H3/b19-13-,22-21?. The van der Waals surface area contributed by atoms with Crippen LogP contribution in [0.3, 0.4) is 0 Å². The number of aliphatic imine (C=N–C) groups is 1. The van der Waals surface area contributed by atoms with Gasteiger partial charge in [-0.15, -0.1) is 0 Å². The summed E-state index contributed by atoms with van der Waals surface area (Å²) in [6.45, 7) is 3.13. The van der Waals surface area contributed by atoms with Crippen LogP contribution in [0.1, 0.15) is 5.56 Å². The van der Waals surface area contributed by atoms with Gasteiger partial charge >= 0.3 is 5.69 Å². The lowest BCUT2D eigenvalue weighted by Crippen LogP contribution is -2.36. The lowest BCUT2D eigenvalue weighted by atomic mass is 10.1. The minimum Gasteiger partial charge on any atom is -0.502 e. The summed E-state index contributed by atoms with van der Waals surface area (Å²) in [7, 11) is 1.64. The third-order valence-electron chi connectivity index (χ3n) is 4.95. The second-order valence-corrected chi connectivity index (χ2v) is 8.00. The number of amidine groups is 1. The Kier molecular flexibility index (Phi) is 5.92. The maximum absolute atomic E-state index is 12.6. The second-order valence-electron chi connectivity index (χ2n) is 6.99. The number of thioether (sulfide) groups is 1. The molecule has 2 aromatic carbocycles. The van der Waals surface area contributed by atoms with Gasteiger partial charge in [0.15, 0.2) is 10.9 Å². The highest BCUT2D eigenvalue weighted by molar-refractivity contribution is 8.18. The van der Waals surface area contributed by atoms with Crippen molar-refractivity contribution >= 4 is 46.0 Å². The number of anilines is 1. The summed E-state index contributed by atoms with van der Waals surface area (Å²) >= 11 is 1.20. The average Bonchev–Trinajstić information content (AvgIpc) is 3.03. The van der Waals surface area contributed by atoms with Gasteiger partial charge in [-0.25, -0.2) is 4.99 Å². The van der Waals surface area contributed by atoms with Gasteiger partial charge < -0.3 is 14.7 Å². The Morgan fingerprint density at radius 2 is 1.90 bits per heavy atom. The lowest BCUT2D eigenvalue weighted by Gasteiger charge is -2.28. The number of nitro benzene ring substituents is 1. The second kappa shape index (κ2) is 8.78. The van der Waals surface area contributed by atoms with Crippen LogP contribution in [0.25, 0.3) is 6.08 Å². The summed E-state index contributed by atoms with van der Waals surface area (Å²) in [6.07, 6.45) is 1.56. The number of hydrogen-bond acceptors (Lipinski definition) is 8. The van der Waals surface area contributed by atoms with Gasteiger partial charge in [-0.3, -0.25) is 19.8 Å². The Hall–Kier alpha value is -3.37. The molecule has 0 spiro atoms. The van der Waals surface area contributed by atoms with E-state index in [2.05, 4.69) is 9.89 Å². The number of carbonyl (C=O) groups excluding carboxylic acids is 1. The number of benzene rings is 2. The van der Waals surface area contributed by atoms with Gasteiger partial charge in [0.25, 0.3) is 5.91 Å². The zero-order chi connectivity index (χ0) is 22.0. The van der Waals surface area contributed by atoms with Crippen molar-refractivity contribution < 1.29 is 19.6 Å². The number of phenols is 1. The topological polar surface area (TPSA) is 109 Å². The summed E-state index contributed by atoms with van der Waals surface area (Å²) in [6, 6.07) is 11.8. The van der Waals surface area contributed by atoms with E-state index in [1.165, 1.54) is 34.9 Å². The van der Waals surface area contributed by atoms with Crippen LogP contribution in [0.5, 0.6) is 5.75 Å². The number of morpholine rings is 1. The van der Waals surface area contributed by atoms with Gasteiger partial charge in [-0.2, -0.15) is 0 Å². The zero-order valence-corrected chi connectivity index (χ0v) is 17.5. The number of nitro groups is 1. The van der Waals surface area contributed by atoms with E-state index in [0.717, 1.165) is 24.5 Å². The normalized spacial score (nSPS) is 19.5. The van der Waals surface area contributed by atoms with Crippen molar-refractivity contribution in [1.29, 1.82) is 0 Å². The molecule has 2 fully saturated rings. The van der Waals surface area contributed by atoms with E-state index < -0.39 is 16.4 Å². The highest BCUT2D eigenvalue weighted by atomic mass is 32.2. The number of amides is 1. The molecule has 9 nitrogen and oxygen atoms in total. The number of phenolic OH excluding ortho intramolecular Hbond substituents is 1. The Bertz CT molecular complexity index is 1080. The molecule has 0 unspecified atom stereocenters. The lowest BCUT2D eigenvalue weighted by molar-refractivity contribution is -0.385. The van der Waals surface area contributed by atoms with Crippen molar-refractivity contribution in [3.63, 3.8) is 0 Å². The Morgan fingerprint density at radius 1 is 1.19 bits per heavy atom. The fourth-order valence-corrected chi connectivity index (χ4v) is 4.24. The van der Waals surface area contributed by atoms with Gasteiger partial charge in [-0.1, -0.05) is 6.07 Å². The molecule has 0 atom stereocenters. The van der Waals surface area contributed by atoms with Crippen LogP contribution in [0.4, 0.5) is 17.1 Å². The number of aromatic hydroxyl groups is 1. The third kappa shape index (κ3) is 4.54. The van der Waals surface area contributed by atoms with Crippen molar-refractivity contribution in [3.8, 4) is 5.75 Å². The summed E-state index contributed by atoms with van der Waals surface area (Å²) < 4.78 is 5.38. The minimum atomic E-state index is -0.666. The number of carbonyl (C=O) groups is 1. The Labute approximate surface area is 182 Å². The minimum absolute atomic E-state index is 0.246. The molecule has 2 saturated heterocycles. The van der Waals surface area contributed by atoms with Gasteiger partial charge in [0.2, 0.25) is 0 Å². The van der Waals surface area contributed by atoms with E-state index in [1.807, 2.05) is 24.3 Å². The molecule has 0 bridgehead atoms. The summed E-state index contributed by atoms with van der Waals surface area (Å²) in [5, 5.41) is 21.1. The van der Waals surface area contributed by atoms with Crippen LogP contribution < -0.4 is 4.90 Å². The number of nitrogens with zero attached hydrogens (tertiary/aromatic N) is 4. The number of rotatable bonds is 4. The molecule has 4 rings (SSSR count). The predicted molar refractivity (Wildman–Crippen MR) is 120 cm³/mol. The van der Waals surface area contributed by atoms with Crippen LogP contribution in [0.15, 0.2) is 52.4 Å². The molecule has 10 heteroatoms. The monoisotopic (exact) mass is 440 g/mol. The van der Waals surface area contributed by atoms with Gasteiger partial charge in [-0.05, 0) is 53.7 Å². The molecule has 1 amide bonds. The first-order valence-corrected chi connectivity index (χ1v) is 10.4. The zero-order valence-electron chi connectivity index (χ0n) is 16.7. The van der Waals surface area contributed by atoms with Crippen molar-refractivity contribution in [2.45, 2.75) is 0 Å². The molecule has 2 aliphatic rings. The van der Waals surface area contributed by atoms with Crippen LogP contribution in [-0.4, -0.2) is 59.4 Å². The number of likely N-dealkylation sites (N-methyl/N-ethyl adjacent to an activating group) is 1. The summed E-state index contributed by atoms with van der Waals surface area (Å²) in [5.41, 5.74) is 1.86. The van der Waals surface area contributed by atoms with Crippen LogP contribution in [0.2, 0.25) is 0 Å². The highest BCUT2D eigenvalue weighted by Crippen LogP contribution is 2.35. The molecule has 31 heavy (non-hydrogen) atoms. The third-order valence-corrected chi connectivity index (χ3v) is 6.01. The van der Waals surface area contributed by atoms with Crippen molar-refractivity contribution in [2.24, 2.45) is 4.99 Å². The largest absolute Gasteiger partial charge is 0.502 e. The first-order valence-electron chi connectivity index (χ1n) is 9.59. The van der Waals surface area contributed by atoms with E-state index in [1.54, 1.807) is 13.1 Å². The fourth-order valence-electron chi connectivity index (χ4n) is 3.25. The molecule has 2 aliphatic heterocycles. The highest BCUT2D eigenvalue weighted by Gasteiger charge is 2.30. The molecule has 160 valence electrons. The van der Waals surface area contributed by atoms with Crippen LogP contribution in [-0.2, 0) is 9.53 Å². The molecular weight excluding hydrogens is 420 g/mol. The van der Waals surface area contributed by atoms with E-state index in [-0.39, 0.29) is 5.91 Å². The Morgan fingerprint density at radius 3 is 2.58 bits per heavy atom. The van der Waals surface area contributed by atoms with E-state index >= 15 is 0 Å². The fraction of sp³-hybridized carbons (Fsp3) is 0.238. The molecule has 0 saturated carbocycles.